The number of nitrogens with zero attached hydrogens (tertiary/aromatic N) is 1. The van der Waals surface area contributed by atoms with E-state index in [1.807, 2.05) is 54.6 Å². The van der Waals surface area contributed by atoms with Crippen molar-refractivity contribution in [2.75, 3.05) is 0 Å². The van der Waals surface area contributed by atoms with E-state index in [2.05, 4.69) is 40.3 Å². The summed E-state index contributed by atoms with van der Waals surface area (Å²) in [7, 11) is 0. The topological polar surface area (TPSA) is 47.2 Å². The number of para-hydroxylation sites is 1. The predicted molar refractivity (Wildman–Crippen MR) is 135 cm³/mol. The SMILES string of the molecule is O=C(CC(Cc1ccccc1)c1cn(Cc2ccc(F)cc2)c2ccccc12)NCc1ccco1. The highest BCUT2D eigenvalue weighted by Gasteiger charge is 2.22. The summed E-state index contributed by atoms with van der Waals surface area (Å²) < 4.78 is 21.0. The summed E-state index contributed by atoms with van der Waals surface area (Å²) in [5.74, 6) is 0.468. The van der Waals surface area contributed by atoms with Crippen molar-refractivity contribution in [1.82, 2.24) is 9.88 Å². The summed E-state index contributed by atoms with van der Waals surface area (Å²) in [6.07, 6.45) is 4.87. The summed E-state index contributed by atoms with van der Waals surface area (Å²) in [5, 5.41) is 4.13. The van der Waals surface area contributed by atoms with E-state index in [0.717, 1.165) is 34.2 Å². The minimum absolute atomic E-state index is 0.00614. The van der Waals surface area contributed by atoms with E-state index in [-0.39, 0.29) is 17.6 Å². The second-order valence-corrected chi connectivity index (χ2v) is 8.80. The molecule has 0 fully saturated rings. The molecule has 0 spiro atoms. The molecule has 5 rings (SSSR count). The lowest BCUT2D eigenvalue weighted by Gasteiger charge is -2.17. The van der Waals surface area contributed by atoms with Crippen molar-refractivity contribution in [3.8, 4) is 0 Å². The standard InChI is InChI=1S/C30H27FN2O2/c31-25-14-12-23(13-15-25)20-33-21-28(27-10-4-5-11-29(27)33)24(17-22-7-2-1-3-8-22)18-30(34)32-19-26-9-6-16-35-26/h1-16,21,24H,17-20H2,(H,32,34). The number of halogens is 1. The second-order valence-electron chi connectivity index (χ2n) is 8.80. The normalized spacial score (nSPS) is 12.0. The Morgan fingerprint density at radius 3 is 2.43 bits per heavy atom. The van der Waals surface area contributed by atoms with Gasteiger partial charge in [-0.15, -0.1) is 0 Å². The number of fused-ring (bicyclic) bond motifs is 1. The number of furan rings is 1. The van der Waals surface area contributed by atoms with Gasteiger partial charge in [-0.3, -0.25) is 4.79 Å². The molecule has 0 saturated carbocycles. The average molecular weight is 467 g/mol. The van der Waals surface area contributed by atoms with Crippen LogP contribution in [0.5, 0.6) is 0 Å². The molecular formula is C30H27FN2O2. The lowest BCUT2D eigenvalue weighted by molar-refractivity contribution is -0.121. The Morgan fingerprint density at radius 2 is 1.66 bits per heavy atom. The van der Waals surface area contributed by atoms with Gasteiger partial charge in [0.15, 0.2) is 0 Å². The maximum atomic E-state index is 13.4. The van der Waals surface area contributed by atoms with Crippen LogP contribution in [0.15, 0.2) is 108 Å². The highest BCUT2D eigenvalue weighted by Crippen LogP contribution is 2.33. The van der Waals surface area contributed by atoms with Gasteiger partial charge in [0, 0.05) is 30.1 Å². The Kier molecular flexibility index (Phi) is 6.75. The number of carbonyl (C=O) groups is 1. The molecule has 2 heterocycles. The fraction of sp³-hybridized carbons (Fsp3) is 0.167. The minimum atomic E-state index is -0.240. The summed E-state index contributed by atoms with van der Waals surface area (Å²) >= 11 is 0. The van der Waals surface area contributed by atoms with E-state index in [1.165, 1.54) is 17.7 Å². The van der Waals surface area contributed by atoms with Crippen LogP contribution in [0.2, 0.25) is 0 Å². The van der Waals surface area contributed by atoms with E-state index >= 15 is 0 Å². The molecule has 1 unspecified atom stereocenters. The number of amides is 1. The highest BCUT2D eigenvalue weighted by atomic mass is 19.1. The molecule has 1 N–H and O–H groups in total. The minimum Gasteiger partial charge on any atom is -0.467 e. The van der Waals surface area contributed by atoms with Gasteiger partial charge in [-0.25, -0.2) is 4.39 Å². The van der Waals surface area contributed by atoms with Crippen molar-refractivity contribution in [1.29, 1.82) is 0 Å². The van der Waals surface area contributed by atoms with Crippen LogP contribution in [0.1, 0.15) is 34.8 Å². The van der Waals surface area contributed by atoms with Crippen molar-refractivity contribution in [3.05, 3.63) is 132 Å². The monoisotopic (exact) mass is 466 g/mol. The Bertz CT molecular complexity index is 1390. The smallest absolute Gasteiger partial charge is 0.220 e. The molecule has 35 heavy (non-hydrogen) atoms. The highest BCUT2D eigenvalue weighted by molar-refractivity contribution is 5.86. The zero-order valence-electron chi connectivity index (χ0n) is 19.4. The van der Waals surface area contributed by atoms with Gasteiger partial charge in [0.05, 0.1) is 12.8 Å². The van der Waals surface area contributed by atoms with Crippen molar-refractivity contribution < 1.29 is 13.6 Å². The lowest BCUT2D eigenvalue weighted by Crippen LogP contribution is -2.25. The largest absolute Gasteiger partial charge is 0.467 e. The number of hydrogen-bond acceptors (Lipinski definition) is 2. The van der Waals surface area contributed by atoms with Crippen molar-refractivity contribution in [3.63, 3.8) is 0 Å². The van der Waals surface area contributed by atoms with E-state index in [1.54, 1.807) is 6.26 Å². The Labute approximate surface area is 204 Å². The van der Waals surface area contributed by atoms with Crippen LogP contribution in [0.4, 0.5) is 4.39 Å². The molecule has 2 aromatic heterocycles. The Hall–Kier alpha value is -4.12. The van der Waals surface area contributed by atoms with Crippen LogP contribution in [0.25, 0.3) is 10.9 Å². The molecule has 0 bridgehead atoms. The zero-order valence-corrected chi connectivity index (χ0v) is 19.4. The maximum Gasteiger partial charge on any atom is 0.220 e. The van der Waals surface area contributed by atoms with Gasteiger partial charge in [0.2, 0.25) is 5.91 Å². The molecular weight excluding hydrogens is 439 g/mol. The number of hydrogen-bond donors (Lipinski definition) is 1. The molecule has 0 saturated heterocycles. The Morgan fingerprint density at radius 1 is 0.886 bits per heavy atom. The summed E-state index contributed by atoms with van der Waals surface area (Å²) in [4.78, 5) is 13.0. The van der Waals surface area contributed by atoms with Gasteiger partial charge >= 0.3 is 0 Å². The number of nitrogens with one attached hydrogen (secondary N) is 1. The molecule has 176 valence electrons. The van der Waals surface area contributed by atoms with E-state index in [9.17, 15) is 9.18 Å². The molecule has 1 amide bonds. The summed E-state index contributed by atoms with van der Waals surface area (Å²) in [6.45, 7) is 1.000. The van der Waals surface area contributed by atoms with Crippen LogP contribution in [0, 0.1) is 5.82 Å². The van der Waals surface area contributed by atoms with Gasteiger partial charge in [-0.2, -0.15) is 0 Å². The van der Waals surface area contributed by atoms with Gasteiger partial charge in [0.1, 0.15) is 11.6 Å². The fourth-order valence-corrected chi connectivity index (χ4v) is 4.60. The first kappa shape index (κ1) is 22.7. The van der Waals surface area contributed by atoms with Crippen molar-refractivity contribution in [2.45, 2.75) is 31.8 Å². The van der Waals surface area contributed by atoms with E-state index in [4.69, 9.17) is 4.42 Å². The molecule has 0 aliphatic rings. The number of rotatable bonds is 9. The van der Waals surface area contributed by atoms with Crippen LogP contribution >= 0.6 is 0 Å². The first-order valence-corrected chi connectivity index (χ1v) is 11.8. The lowest BCUT2D eigenvalue weighted by atomic mass is 9.88. The van der Waals surface area contributed by atoms with Crippen LogP contribution in [0.3, 0.4) is 0 Å². The Balaban J connectivity index is 1.45. The molecule has 5 heteroatoms. The second kappa shape index (κ2) is 10.4. The summed E-state index contributed by atoms with van der Waals surface area (Å²) in [6, 6.07) is 28.8. The van der Waals surface area contributed by atoms with Crippen LogP contribution < -0.4 is 5.32 Å². The summed E-state index contributed by atoms with van der Waals surface area (Å²) in [5.41, 5.74) is 4.45. The third-order valence-corrected chi connectivity index (χ3v) is 6.32. The van der Waals surface area contributed by atoms with Crippen molar-refractivity contribution >= 4 is 16.8 Å². The van der Waals surface area contributed by atoms with Gasteiger partial charge < -0.3 is 14.3 Å². The fourth-order valence-electron chi connectivity index (χ4n) is 4.60. The zero-order chi connectivity index (χ0) is 24.0. The van der Waals surface area contributed by atoms with Crippen molar-refractivity contribution in [2.24, 2.45) is 0 Å². The average Bonchev–Trinajstić information content (AvgIpc) is 3.53. The molecule has 0 aliphatic carbocycles. The molecule has 0 radical (unpaired) electrons. The molecule has 5 aromatic rings. The molecule has 3 aromatic carbocycles. The predicted octanol–water partition coefficient (Wildman–Crippen LogP) is 6.45. The first-order valence-electron chi connectivity index (χ1n) is 11.8. The number of carbonyl (C=O) groups excluding carboxylic acids is 1. The third kappa shape index (κ3) is 5.52. The van der Waals surface area contributed by atoms with Gasteiger partial charge in [0.25, 0.3) is 0 Å². The number of aromatic nitrogens is 1. The first-order chi connectivity index (χ1) is 17.2. The molecule has 4 nitrogen and oxygen atoms in total. The maximum absolute atomic E-state index is 13.4. The number of benzene rings is 3. The molecule has 1 atom stereocenters. The quantitative estimate of drug-likeness (QED) is 0.271. The van der Waals surface area contributed by atoms with Gasteiger partial charge in [-0.05, 0) is 59.4 Å². The van der Waals surface area contributed by atoms with Crippen LogP contribution in [-0.2, 0) is 24.3 Å². The third-order valence-electron chi connectivity index (χ3n) is 6.32. The van der Waals surface area contributed by atoms with Crippen LogP contribution in [-0.4, -0.2) is 10.5 Å². The van der Waals surface area contributed by atoms with E-state index < -0.39 is 0 Å². The van der Waals surface area contributed by atoms with E-state index in [0.29, 0.717) is 19.5 Å². The van der Waals surface area contributed by atoms with Gasteiger partial charge in [-0.1, -0.05) is 60.7 Å². The molecule has 0 aliphatic heterocycles.